The van der Waals surface area contributed by atoms with Crippen molar-refractivity contribution in [3.8, 4) is 0 Å². The van der Waals surface area contributed by atoms with Gasteiger partial charge in [-0.1, -0.05) is 34.6 Å². The molecule has 9 heteroatoms. The van der Waals surface area contributed by atoms with Crippen LogP contribution in [0.4, 0.5) is 0 Å². The average molecular weight is 427 g/mol. The molecule has 30 heavy (non-hydrogen) atoms. The monoisotopic (exact) mass is 426 g/mol. The van der Waals surface area contributed by atoms with Crippen LogP contribution < -0.4 is 10.6 Å². The van der Waals surface area contributed by atoms with E-state index in [2.05, 4.69) is 10.6 Å². The van der Waals surface area contributed by atoms with Crippen LogP contribution in [0, 0.1) is 11.8 Å². The van der Waals surface area contributed by atoms with Gasteiger partial charge < -0.3 is 19.9 Å². The van der Waals surface area contributed by atoms with E-state index in [-0.39, 0.29) is 24.3 Å². The average Bonchev–Trinajstić information content (AvgIpc) is 2.67. The van der Waals surface area contributed by atoms with E-state index >= 15 is 0 Å². The second kappa shape index (κ2) is 12.4. The third-order valence-corrected chi connectivity index (χ3v) is 5.00. The van der Waals surface area contributed by atoms with E-state index in [0.717, 1.165) is 6.29 Å². The highest BCUT2D eigenvalue weighted by atomic mass is 16.2. The zero-order valence-corrected chi connectivity index (χ0v) is 19.5. The Kier molecular flexibility index (Phi) is 11.5. The highest BCUT2D eigenvalue weighted by Crippen LogP contribution is 2.21. The van der Waals surface area contributed by atoms with Crippen molar-refractivity contribution in [2.24, 2.45) is 11.8 Å². The molecule has 0 aliphatic rings. The van der Waals surface area contributed by atoms with Gasteiger partial charge in [0.1, 0.15) is 12.3 Å². The minimum atomic E-state index is -1.38. The van der Waals surface area contributed by atoms with Crippen LogP contribution in [-0.2, 0) is 24.0 Å². The zero-order valence-electron chi connectivity index (χ0n) is 19.5. The van der Waals surface area contributed by atoms with Crippen LogP contribution in [0.1, 0.15) is 54.4 Å². The van der Waals surface area contributed by atoms with Gasteiger partial charge in [0.15, 0.2) is 11.9 Å². The molecule has 2 N–H and O–H groups in total. The van der Waals surface area contributed by atoms with Gasteiger partial charge in [-0.15, -0.1) is 0 Å². The van der Waals surface area contributed by atoms with Gasteiger partial charge in [0.05, 0.1) is 12.6 Å². The smallest absolute Gasteiger partial charge is 0.245 e. The Morgan fingerprint density at radius 1 is 1.07 bits per heavy atom. The number of carbonyl (C=O) groups excluding carboxylic acids is 5. The summed E-state index contributed by atoms with van der Waals surface area (Å²) in [6.45, 7) is 10.3. The Hall–Kier alpha value is -2.29. The van der Waals surface area contributed by atoms with Crippen molar-refractivity contribution in [3.63, 3.8) is 0 Å². The molecule has 0 heterocycles. The van der Waals surface area contributed by atoms with Crippen molar-refractivity contribution >= 4 is 30.3 Å². The van der Waals surface area contributed by atoms with E-state index in [0.29, 0.717) is 19.1 Å². The van der Waals surface area contributed by atoms with Crippen molar-refractivity contribution in [2.45, 2.75) is 72.1 Å². The summed E-state index contributed by atoms with van der Waals surface area (Å²) >= 11 is 0. The van der Waals surface area contributed by atoms with Gasteiger partial charge >= 0.3 is 0 Å². The van der Waals surface area contributed by atoms with Gasteiger partial charge in [0.2, 0.25) is 17.7 Å². The van der Waals surface area contributed by atoms with Crippen LogP contribution in [0.15, 0.2) is 0 Å². The molecule has 9 nitrogen and oxygen atoms in total. The summed E-state index contributed by atoms with van der Waals surface area (Å²) in [6, 6.07) is -1.34. The van der Waals surface area contributed by atoms with Crippen molar-refractivity contribution < 1.29 is 24.0 Å². The number of nitrogens with zero attached hydrogens (tertiary/aromatic N) is 2. The van der Waals surface area contributed by atoms with E-state index in [4.69, 9.17) is 0 Å². The Labute approximate surface area is 179 Å². The maximum atomic E-state index is 13.0. The fourth-order valence-corrected chi connectivity index (χ4v) is 3.18. The number of carbonyl (C=O) groups is 5. The van der Waals surface area contributed by atoms with Gasteiger partial charge in [-0.05, 0) is 24.7 Å². The molecule has 0 radical (unpaired) electrons. The topological polar surface area (TPSA) is 116 Å². The van der Waals surface area contributed by atoms with Gasteiger partial charge in [-0.3, -0.25) is 24.5 Å². The van der Waals surface area contributed by atoms with Crippen LogP contribution in [0.2, 0.25) is 0 Å². The maximum absolute atomic E-state index is 13.0. The summed E-state index contributed by atoms with van der Waals surface area (Å²) in [5.41, 5.74) is -1.38. The van der Waals surface area contributed by atoms with Crippen molar-refractivity contribution in [3.05, 3.63) is 0 Å². The lowest BCUT2D eigenvalue weighted by molar-refractivity contribution is -0.148. The molecule has 3 atom stereocenters. The Bertz CT molecular complexity index is 623. The number of hydrogen-bond donors (Lipinski definition) is 2. The molecule has 0 aromatic carbocycles. The Morgan fingerprint density at radius 3 is 2.00 bits per heavy atom. The first kappa shape index (κ1) is 27.7. The highest BCUT2D eigenvalue weighted by Gasteiger charge is 2.40. The first-order chi connectivity index (χ1) is 13.8. The third kappa shape index (κ3) is 7.85. The molecule has 0 rings (SSSR count). The van der Waals surface area contributed by atoms with E-state index < -0.39 is 29.6 Å². The number of amides is 3. The third-order valence-electron chi connectivity index (χ3n) is 5.00. The zero-order chi connectivity index (χ0) is 23.6. The molecule has 172 valence electrons. The van der Waals surface area contributed by atoms with Crippen molar-refractivity contribution in [2.75, 3.05) is 20.6 Å². The van der Waals surface area contributed by atoms with E-state index in [1.807, 2.05) is 27.7 Å². The second-order valence-corrected chi connectivity index (χ2v) is 8.50. The molecule has 0 unspecified atom stereocenters. The Morgan fingerprint density at radius 2 is 1.63 bits per heavy atom. The van der Waals surface area contributed by atoms with Crippen molar-refractivity contribution in [1.82, 2.24) is 20.4 Å². The van der Waals surface area contributed by atoms with Gasteiger partial charge in [0.25, 0.3) is 0 Å². The Balaban J connectivity index is 5.62. The van der Waals surface area contributed by atoms with Gasteiger partial charge in [-0.2, -0.15) is 0 Å². The van der Waals surface area contributed by atoms with Crippen molar-refractivity contribution in [1.29, 1.82) is 0 Å². The molecule has 0 aromatic heterocycles. The molecule has 0 spiro atoms. The van der Waals surface area contributed by atoms with Crippen LogP contribution in [0.3, 0.4) is 0 Å². The molecule has 0 bridgehead atoms. The molecule has 0 saturated heterocycles. The van der Waals surface area contributed by atoms with Gasteiger partial charge in [0, 0.05) is 21.0 Å². The summed E-state index contributed by atoms with van der Waals surface area (Å²) in [4.78, 5) is 63.0. The number of likely N-dealkylation sites (N-methyl/N-ethyl adjacent to an activating group) is 2. The maximum Gasteiger partial charge on any atom is 0.245 e. The summed E-state index contributed by atoms with van der Waals surface area (Å²) in [5.74, 6) is -1.21. The molecule has 0 saturated carbocycles. The quantitative estimate of drug-likeness (QED) is 0.329. The lowest BCUT2D eigenvalue weighted by atomic mass is 9.93. The van der Waals surface area contributed by atoms with Crippen LogP contribution in [-0.4, -0.2) is 78.5 Å². The fourth-order valence-electron chi connectivity index (χ4n) is 3.18. The minimum Gasteiger partial charge on any atom is -0.345 e. The van der Waals surface area contributed by atoms with E-state index in [1.54, 1.807) is 6.92 Å². The summed E-state index contributed by atoms with van der Waals surface area (Å²) in [7, 11) is 2.96. The molecule has 0 aromatic rings. The van der Waals surface area contributed by atoms with E-state index in [9.17, 15) is 24.0 Å². The lowest BCUT2D eigenvalue weighted by Gasteiger charge is -2.42. The first-order valence-electron chi connectivity index (χ1n) is 10.3. The number of aldehydes is 2. The first-order valence-corrected chi connectivity index (χ1v) is 10.3. The molecule has 0 aliphatic carbocycles. The lowest BCUT2D eigenvalue weighted by Crippen LogP contribution is -2.66. The molecule has 0 aliphatic heterocycles. The van der Waals surface area contributed by atoms with Crippen LogP contribution in [0.25, 0.3) is 0 Å². The van der Waals surface area contributed by atoms with Crippen LogP contribution >= 0.6 is 0 Å². The number of hydrogen-bond acceptors (Lipinski definition) is 6. The van der Waals surface area contributed by atoms with E-state index in [1.165, 1.54) is 30.8 Å². The minimum absolute atomic E-state index is 0.0565. The highest BCUT2D eigenvalue weighted by molar-refractivity contribution is 5.91. The predicted molar refractivity (Wildman–Crippen MR) is 114 cm³/mol. The number of nitrogens with one attached hydrogen (secondary N) is 2. The summed E-state index contributed by atoms with van der Waals surface area (Å²) < 4.78 is 0. The molecular weight excluding hydrogens is 388 g/mol. The van der Waals surface area contributed by atoms with Crippen LogP contribution in [0.5, 0.6) is 0 Å². The summed E-state index contributed by atoms with van der Waals surface area (Å²) in [5, 5.41) is 5.61. The second-order valence-electron chi connectivity index (χ2n) is 8.50. The molecular formula is C21H38N4O5. The molecule has 0 fully saturated rings. The molecule has 3 amide bonds. The largest absolute Gasteiger partial charge is 0.345 e. The fraction of sp³-hybridized carbons (Fsp3) is 0.762. The van der Waals surface area contributed by atoms with Gasteiger partial charge in [-0.25, -0.2) is 0 Å². The standard InChI is InChI=1S/C21H38N4O5/c1-9-17(22-16(6)28)20(30)24(7)11-19(29)25(8)21(13-27,10-14(2)3)23-18(12-26)15(4)5/h12-15,17-18,23H,9-11H2,1-8H3,(H,22,28)/t17-,18-,21-/m1/s1. The number of rotatable bonds is 13. The predicted octanol–water partition coefficient (Wildman–Crippen LogP) is 0.572. The summed E-state index contributed by atoms with van der Waals surface area (Å²) in [6.07, 6.45) is 2.07. The normalized spacial score (nSPS) is 15.1. The SMILES string of the molecule is CC[C@@H](NC(C)=O)C(=O)N(C)CC(=O)N(C)[C@@](C=O)(CC(C)C)N[C@H](C=O)C(C)C.